The number of nitrogens with one attached hydrogen (secondary N) is 2. The van der Waals surface area contributed by atoms with Gasteiger partial charge in [-0.15, -0.1) is 10.2 Å². The van der Waals surface area contributed by atoms with Gasteiger partial charge in [0.05, 0.1) is 18.9 Å². The van der Waals surface area contributed by atoms with Crippen molar-refractivity contribution in [1.82, 2.24) is 25.3 Å². The third-order valence-corrected chi connectivity index (χ3v) is 4.58. The Morgan fingerprint density at radius 1 is 1.12 bits per heavy atom. The van der Waals surface area contributed by atoms with Crippen LogP contribution >= 0.6 is 11.6 Å². The molecule has 0 atom stereocenters. The summed E-state index contributed by atoms with van der Waals surface area (Å²) in [5.41, 5.74) is -1.41. The summed E-state index contributed by atoms with van der Waals surface area (Å²) in [6, 6.07) is 9.05. The lowest BCUT2D eigenvalue weighted by Crippen LogP contribution is -2.28. The Hall–Kier alpha value is -3.67. The van der Waals surface area contributed by atoms with Crippen LogP contribution in [0.25, 0.3) is 5.82 Å². The second-order valence-electron chi connectivity index (χ2n) is 6.66. The van der Waals surface area contributed by atoms with Crippen molar-refractivity contribution in [3.8, 4) is 11.7 Å². The van der Waals surface area contributed by atoms with Gasteiger partial charge in [0.2, 0.25) is 11.8 Å². The largest absolute Gasteiger partial charge is 0.480 e. The number of halogens is 4. The van der Waals surface area contributed by atoms with Gasteiger partial charge in [-0.05, 0) is 36.8 Å². The number of carbonyl (C=O) groups excluding carboxylic acids is 2. The highest BCUT2D eigenvalue weighted by atomic mass is 35.5. The first-order chi connectivity index (χ1) is 15.7. The number of ether oxygens (including phenoxy) is 1. The summed E-state index contributed by atoms with van der Waals surface area (Å²) >= 11 is 5.78. The minimum Gasteiger partial charge on any atom is -0.480 e. The van der Waals surface area contributed by atoms with E-state index >= 15 is 0 Å². The number of hydrogen-bond donors (Lipinski definition) is 2. The number of aromatic nitrogens is 4. The molecule has 0 saturated heterocycles. The Balaban J connectivity index is 1.61. The fraction of sp³-hybridized carbons (Fsp3) is 0.250. The van der Waals surface area contributed by atoms with Crippen LogP contribution in [0.1, 0.15) is 28.9 Å². The van der Waals surface area contributed by atoms with Gasteiger partial charge in [-0.2, -0.15) is 18.3 Å². The molecular formula is C20H18ClF3N6O3. The number of amides is 2. The highest BCUT2D eigenvalue weighted by molar-refractivity contribution is 6.30. The summed E-state index contributed by atoms with van der Waals surface area (Å²) in [6.07, 6.45) is -3.82. The molecule has 1 aromatic carbocycles. The molecule has 33 heavy (non-hydrogen) atoms. The molecule has 0 aliphatic carbocycles. The molecule has 0 unspecified atom stereocenters. The van der Waals surface area contributed by atoms with Crippen LogP contribution in [0.15, 0.2) is 42.6 Å². The number of nitrogens with zero attached hydrogens (tertiary/aromatic N) is 4. The zero-order valence-corrected chi connectivity index (χ0v) is 17.9. The van der Waals surface area contributed by atoms with E-state index in [2.05, 4.69) is 25.9 Å². The highest BCUT2D eigenvalue weighted by Crippen LogP contribution is 2.33. The normalized spacial score (nSPS) is 11.2. The molecule has 2 amide bonds. The maximum Gasteiger partial charge on any atom is 0.434 e. The summed E-state index contributed by atoms with van der Waals surface area (Å²) in [6.45, 7) is -0.0162. The van der Waals surface area contributed by atoms with Crippen molar-refractivity contribution >= 4 is 29.1 Å². The van der Waals surface area contributed by atoms with E-state index in [0.29, 0.717) is 15.4 Å². The van der Waals surface area contributed by atoms with Crippen LogP contribution < -0.4 is 15.4 Å². The molecule has 2 N–H and O–H groups in total. The third-order valence-electron chi connectivity index (χ3n) is 4.33. The average molecular weight is 483 g/mol. The molecule has 2 aromatic heterocycles. The van der Waals surface area contributed by atoms with Crippen LogP contribution in [0.3, 0.4) is 0 Å². The molecule has 0 spiro atoms. The minimum absolute atomic E-state index is 0.0162. The quantitative estimate of drug-likeness (QED) is 0.475. The van der Waals surface area contributed by atoms with Crippen molar-refractivity contribution in [2.45, 2.75) is 19.0 Å². The Morgan fingerprint density at radius 2 is 1.85 bits per heavy atom. The van der Waals surface area contributed by atoms with E-state index in [0.717, 1.165) is 6.20 Å². The smallest absolute Gasteiger partial charge is 0.434 e. The lowest BCUT2D eigenvalue weighted by molar-refractivity contribution is -0.143. The monoisotopic (exact) mass is 482 g/mol. The van der Waals surface area contributed by atoms with Crippen molar-refractivity contribution in [3.63, 3.8) is 0 Å². The molecular weight excluding hydrogens is 465 g/mol. The van der Waals surface area contributed by atoms with Crippen LogP contribution in [0.4, 0.5) is 18.9 Å². The van der Waals surface area contributed by atoms with Gasteiger partial charge in [-0.25, -0.2) is 4.68 Å². The number of methoxy groups -OCH3 is 1. The highest BCUT2D eigenvalue weighted by Gasteiger charge is 2.41. The lowest BCUT2D eigenvalue weighted by atomic mass is 10.2. The van der Waals surface area contributed by atoms with Crippen molar-refractivity contribution in [2.75, 3.05) is 19.0 Å². The summed E-state index contributed by atoms with van der Waals surface area (Å²) in [5, 5.41) is 16.5. The Morgan fingerprint density at radius 3 is 2.45 bits per heavy atom. The molecule has 0 bridgehead atoms. The molecule has 0 saturated carbocycles. The predicted molar refractivity (Wildman–Crippen MR) is 112 cm³/mol. The molecule has 174 valence electrons. The van der Waals surface area contributed by atoms with Crippen LogP contribution in [0.2, 0.25) is 5.02 Å². The SMILES string of the molecule is COc1ccc(-n2ncc(C(=O)NCCCC(=O)Nc3ccc(Cl)cc3)c2C(F)(F)F)nn1. The summed E-state index contributed by atoms with van der Waals surface area (Å²) in [7, 11) is 1.34. The summed E-state index contributed by atoms with van der Waals surface area (Å²) in [5.74, 6) is -1.42. The molecule has 3 aromatic rings. The first-order valence-electron chi connectivity index (χ1n) is 9.56. The predicted octanol–water partition coefficient (Wildman–Crippen LogP) is 3.49. The number of hydrogen-bond acceptors (Lipinski definition) is 6. The lowest BCUT2D eigenvalue weighted by Gasteiger charge is -2.12. The van der Waals surface area contributed by atoms with Crippen molar-refractivity contribution in [3.05, 3.63) is 58.9 Å². The maximum absolute atomic E-state index is 13.7. The van der Waals surface area contributed by atoms with Gasteiger partial charge >= 0.3 is 6.18 Å². The van der Waals surface area contributed by atoms with Gasteiger partial charge in [-0.1, -0.05) is 11.6 Å². The van der Waals surface area contributed by atoms with Gasteiger partial charge in [-0.3, -0.25) is 9.59 Å². The third kappa shape index (κ3) is 6.19. The van der Waals surface area contributed by atoms with Gasteiger partial charge < -0.3 is 15.4 Å². The van der Waals surface area contributed by atoms with Crippen molar-refractivity contribution in [1.29, 1.82) is 0 Å². The van der Waals surface area contributed by atoms with Gasteiger partial charge in [0, 0.05) is 29.7 Å². The topological polar surface area (TPSA) is 111 Å². The minimum atomic E-state index is -4.89. The molecule has 0 fully saturated rings. The van der Waals surface area contributed by atoms with Crippen LogP contribution in [-0.4, -0.2) is 45.4 Å². The maximum atomic E-state index is 13.7. The Labute approximate surface area is 190 Å². The average Bonchev–Trinajstić information content (AvgIpc) is 3.24. The summed E-state index contributed by atoms with van der Waals surface area (Å²) in [4.78, 5) is 24.4. The molecule has 9 nitrogen and oxygen atoms in total. The van der Waals surface area contributed by atoms with E-state index in [1.54, 1.807) is 24.3 Å². The second kappa shape index (κ2) is 10.3. The second-order valence-corrected chi connectivity index (χ2v) is 7.10. The number of carbonyl (C=O) groups is 2. The Bertz CT molecular complexity index is 1120. The van der Waals surface area contributed by atoms with E-state index in [9.17, 15) is 22.8 Å². The molecule has 0 aliphatic rings. The van der Waals surface area contributed by atoms with Crippen molar-refractivity contribution in [2.24, 2.45) is 0 Å². The molecule has 0 aliphatic heterocycles. The zero-order chi connectivity index (χ0) is 24.0. The molecule has 0 radical (unpaired) electrons. The Kier molecular flexibility index (Phi) is 7.48. The fourth-order valence-electron chi connectivity index (χ4n) is 2.80. The van der Waals surface area contributed by atoms with Crippen LogP contribution in [0, 0.1) is 0 Å². The number of anilines is 1. The van der Waals surface area contributed by atoms with E-state index in [1.807, 2.05) is 0 Å². The van der Waals surface area contributed by atoms with Gasteiger partial charge in [0.1, 0.15) is 0 Å². The summed E-state index contributed by atoms with van der Waals surface area (Å²) < 4.78 is 46.4. The van der Waals surface area contributed by atoms with E-state index in [1.165, 1.54) is 19.2 Å². The van der Waals surface area contributed by atoms with Crippen LogP contribution in [0.5, 0.6) is 5.88 Å². The van der Waals surface area contributed by atoms with E-state index in [4.69, 9.17) is 16.3 Å². The van der Waals surface area contributed by atoms with Gasteiger partial charge in [0.25, 0.3) is 5.91 Å². The van der Waals surface area contributed by atoms with Gasteiger partial charge in [0.15, 0.2) is 11.5 Å². The van der Waals surface area contributed by atoms with E-state index < -0.39 is 23.3 Å². The number of rotatable bonds is 8. The first kappa shape index (κ1) is 24.0. The molecule has 3 rings (SSSR count). The first-order valence-corrected chi connectivity index (χ1v) is 9.93. The van der Waals surface area contributed by atoms with E-state index in [-0.39, 0.29) is 37.0 Å². The van der Waals surface area contributed by atoms with Crippen LogP contribution in [-0.2, 0) is 11.0 Å². The standard InChI is InChI=1S/C20H18ClF3N6O3/c1-33-17-9-8-15(28-29-17)30-18(20(22,23)24)14(11-26-30)19(32)25-10-2-3-16(31)27-13-6-4-12(21)5-7-13/h4-9,11H,2-3,10H2,1H3,(H,25,32)(H,27,31). The fourth-order valence-corrected chi connectivity index (χ4v) is 2.92. The molecule has 2 heterocycles. The van der Waals surface area contributed by atoms with Crippen molar-refractivity contribution < 1.29 is 27.5 Å². The molecule has 13 heteroatoms. The number of benzene rings is 1. The number of alkyl halides is 3. The zero-order valence-electron chi connectivity index (χ0n) is 17.2.